The van der Waals surface area contributed by atoms with Crippen LogP contribution in [-0.4, -0.2) is 61.4 Å². The number of aromatic nitrogens is 2. The topological polar surface area (TPSA) is 65.9 Å². The zero-order valence-corrected chi connectivity index (χ0v) is 20.1. The summed E-state index contributed by atoms with van der Waals surface area (Å²) in [5.74, 6) is 2.73. The monoisotopic (exact) mass is 481 g/mol. The van der Waals surface area contributed by atoms with Gasteiger partial charge in [0, 0.05) is 42.7 Å². The Morgan fingerprint density at radius 3 is 2.59 bits per heavy atom. The molecular formula is C26H28ClN3O4. The van der Waals surface area contributed by atoms with Crippen LogP contribution in [-0.2, 0) is 4.74 Å². The van der Waals surface area contributed by atoms with Gasteiger partial charge in [-0.05, 0) is 31.2 Å². The average Bonchev–Trinajstić information content (AvgIpc) is 2.85. The van der Waals surface area contributed by atoms with Crippen LogP contribution >= 0.6 is 12.4 Å². The standard InChI is InChI=1S/C26H27N3O4.ClH/c1-18-24(15-19-5-3-4-6-21(19)28-18)33-23-7-8-27-22-17-26(25(30-2)16-20(22)23)32-14-11-29-9-12-31-13-10-29;/h3-8,15-17H,9-14H2,1-2H3;1H. The van der Waals surface area contributed by atoms with Crippen molar-refractivity contribution in [2.24, 2.45) is 0 Å². The molecule has 3 heterocycles. The molecule has 0 amide bonds. The summed E-state index contributed by atoms with van der Waals surface area (Å²) in [5.41, 5.74) is 2.55. The van der Waals surface area contributed by atoms with Gasteiger partial charge in [-0.15, -0.1) is 12.4 Å². The van der Waals surface area contributed by atoms with Crippen molar-refractivity contribution in [1.82, 2.24) is 14.9 Å². The number of methoxy groups -OCH3 is 1. The largest absolute Gasteiger partial charge is 0.493 e. The Kier molecular flexibility index (Phi) is 7.67. The lowest BCUT2D eigenvalue weighted by atomic mass is 10.1. The maximum atomic E-state index is 6.31. The van der Waals surface area contributed by atoms with Crippen LogP contribution < -0.4 is 14.2 Å². The second-order valence-electron chi connectivity index (χ2n) is 8.00. The van der Waals surface area contributed by atoms with E-state index < -0.39 is 0 Å². The fourth-order valence-corrected chi connectivity index (χ4v) is 4.01. The van der Waals surface area contributed by atoms with E-state index in [0.29, 0.717) is 29.6 Å². The number of pyridine rings is 2. The summed E-state index contributed by atoms with van der Waals surface area (Å²) < 4.78 is 23.4. The van der Waals surface area contributed by atoms with Gasteiger partial charge in [-0.1, -0.05) is 18.2 Å². The number of fused-ring (bicyclic) bond motifs is 2. The van der Waals surface area contributed by atoms with Gasteiger partial charge < -0.3 is 18.9 Å². The molecule has 1 aliphatic heterocycles. The van der Waals surface area contributed by atoms with Crippen LogP contribution in [0, 0.1) is 6.92 Å². The number of rotatable bonds is 7. The van der Waals surface area contributed by atoms with Crippen molar-refractivity contribution in [2.75, 3.05) is 46.6 Å². The van der Waals surface area contributed by atoms with Crippen LogP contribution in [0.3, 0.4) is 0 Å². The molecule has 8 heteroatoms. The Labute approximate surface area is 205 Å². The minimum atomic E-state index is 0. The van der Waals surface area contributed by atoms with Crippen molar-refractivity contribution in [3.63, 3.8) is 0 Å². The highest BCUT2D eigenvalue weighted by Crippen LogP contribution is 2.38. The minimum absolute atomic E-state index is 0. The van der Waals surface area contributed by atoms with Crippen LogP contribution in [0.4, 0.5) is 0 Å². The molecular weight excluding hydrogens is 454 g/mol. The van der Waals surface area contributed by atoms with Crippen molar-refractivity contribution < 1.29 is 18.9 Å². The number of para-hydroxylation sites is 1. The molecule has 5 rings (SSSR count). The van der Waals surface area contributed by atoms with Crippen molar-refractivity contribution in [3.8, 4) is 23.0 Å². The van der Waals surface area contributed by atoms with Crippen molar-refractivity contribution in [3.05, 3.63) is 60.4 Å². The summed E-state index contributed by atoms with van der Waals surface area (Å²) >= 11 is 0. The molecule has 0 radical (unpaired) electrons. The maximum absolute atomic E-state index is 6.31. The SMILES string of the molecule is COc1cc2c(Oc3cc4ccccc4nc3C)ccnc2cc1OCCN1CCOCC1.Cl. The van der Waals surface area contributed by atoms with E-state index in [1.165, 1.54) is 0 Å². The van der Waals surface area contributed by atoms with Gasteiger partial charge in [0.2, 0.25) is 0 Å². The third-order valence-electron chi connectivity index (χ3n) is 5.84. The van der Waals surface area contributed by atoms with E-state index >= 15 is 0 Å². The maximum Gasteiger partial charge on any atom is 0.163 e. The summed E-state index contributed by atoms with van der Waals surface area (Å²) in [7, 11) is 1.64. The van der Waals surface area contributed by atoms with Gasteiger partial charge in [0.15, 0.2) is 11.5 Å². The quantitative estimate of drug-likeness (QED) is 0.367. The van der Waals surface area contributed by atoms with Gasteiger partial charge in [-0.2, -0.15) is 0 Å². The molecule has 4 aromatic rings. The lowest BCUT2D eigenvalue weighted by Gasteiger charge is -2.26. The number of halogens is 1. The van der Waals surface area contributed by atoms with Crippen molar-refractivity contribution in [1.29, 1.82) is 0 Å². The first-order chi connectivity index (χ1) is 16.2. The van der Waals surface area contributed by atoms with E-state index in [-0.39, 0.29) is 12.4 Å². The molecule has 0 spiro atoms. The average molecular weight is 482 g/mol. The van der Waals surface area contributed by atoms with E-state index in [1.807, 2.05) is 55.5 Å². The Morgan fingerprint density at radius 1 is 0.941 bits per heavy atom. The first kappa shape index (κ1) is 24.0. The molecule has 0 N–H and O–H groups in total. The van der Waals surface area contributed by atoms with Crippen LogP contribution in [0.5, 0.6) is 23.0 Å². The summed E-state index contributed by atoms with van der Waals surface area (Å²) in [6.45, 7) is 6.78. The number of morpholine rings is 1. The normalized spacial score (nSPS) is 14.1. The van der Waals surface area contributed by atoms with Gasteiger partial charge in [-0.3, -0.25) is 9.88 Å². The van der Waals surface area contributed by atoms with Crippen LogP contribution in [0.1, 0.15) is 5.69 Å². The summed E-state index contributed by atoms with van der Waals surface area (Å²) in [5, 5.41) is 1.88. The predicted octanol–water partition coefficient (Wildman–Crippen LogP) is 5.03. The second-order valence-corrected chi connectivity index (χ2v) is 8.00. The molecule has 1 aliphatic rings. The molecule has 2 aromatic heterocycles. The van der Waals surface area contributed by atoms with E-state index in [0.717, 1.165) is 60.3 Å². The lowest BCUT2D eigenvalue weighted by Crippen LogP contribution is -2.38. The lowest BCUT2D eigenvalue weighted by molar-refractivity contribution is 0.0321. The molecule has 0 atom stereocenters. The molecule has 0 saturated carbocycles. The molecule has 7 nitrogen and oxygen atoms in total. The third kappa shape index (κ3) is 5.17. The number of benzene rings is 2. The Hall–Kier alpha value is -3.13. The van der Waals surface area contributed by atoms with Gasteiger partial charge >= 0.3 is 0 Å². The van der Waals surface area contributed by atoms with Crippen molar-refractivity contribution >= 4 is 34.2 Å². The van der Waals surface area contributed by atoms with Gasteiger partial charge in [0.05, 0.1) is 37.1 Å². The van der Waals surface area contributed by atoms with Gasteiger partial charge in [-0.25, -0.2) is 4.98 Å². The minimum Gasteiger partial charge on any atom is -0.493 e. The second kappa shape index (κ2) is 10.9. The molecule has 0 unspecified atom stereocenters. The van der Waals surface area contributed by atoms with Crippen LogP contribution in [0.15, 0.2) is 54.7 Å². The highest BCUT2D eigenvalue weighted by molar-refractivity contribution is 5.88. The van der Waals surface area contributed by atoms with E-state index in [4.69, 9.17) is 18.9 Å². The summed E-state index contributed by atoms with van der Waals surface area (Å²) in [6, 6.07) is 15.7. The molecule has 34 heavy (non-hydrogen) atoms. The third-order valence-corrected chi connectivity index (χ3v) is 5.84. The molecule has 2 aromatic carbocycles. The number of aryl methyl sites for hydroxylation is 1. The summed E-state index contributed by atoms with van der Waals surface area (Å²) in [4.78, 5) is 11.5. The van der Waals surface area contributed by atoms with E-state index in [9.17, 15) is 0 Å². The number of hydrogen-bond donors (Lipinski definition) is 0. The van der Waals surface area contributed by atoms with Crippen LogP contribution in [0.2, 0.25) is 0 Å². The number of hydrogen-bond acceptors (Lipinski definition) is 7. The fourth-order valence-electron chi connectivity index (χ4n) is 4.01. The first-order valence-electron chi connectivity index (χ1n) is 11.1. The number of nitrogens with zero attached hydrogens (tertiary/aromatic N) is 3. The van der Waals surface area contributed by atoms with Gasteiger partial charge in [0.1, 0.15) is 18.1 Å². The fraction of sp³-hybridized carbons (Fsp3) is 0.308. The zero-order chi connectivity index (χ0) is 22.6. The molecule has 1 fully saturated rings. The zero-order valence-electron chi connectivity index (χ0n) is 19.3. The number of ether oxygens (including phenoxy) is 4. The molecule has 1 saturated heterocycles. The van der Waals surface area contributed by atoms with Crippen LogP contribution in [0.25, 0.3) is 21.8 Å². The van der Waals surface area contributed by atoms with E-state index in [1.54, 1.807) is 13.3 Å². The Morgan fingerprint density at radius 2 is 1.76 bits per heavy atom. The van der Waals surface area contributed by atoms with Crippen molar-refractivity contribution in [2.45, 2.75) is 6.92 Å². The predicted molar refractivity (Wildman–Crippen MR) is 135 cm³/mol. The molecule has 178 valence electrons. The van der Waals surface area contributed by atoms with E-state index in [2.05, 4.69) is 14.9 Å². The first-order valence-corrected chi connectivity index (χ1v) is 11.1. The molecule has 0 bridgehead atoms. The Bertz CT molecular complexity index is 1280. The highest BCUT2D eigenvalue weighted by atomic mass is 35.5. The van der Waals surface area contributed by atoms with Gasteiger partial charge in [0.25, 0.3) is 0 Å². The summed E-state index contributed by atoms with van der Waals surface area (Å²) in [6.07, 6.45) is 1.74. The smallest absolute Gasteiger partial charge is 0.163 e. The Balaban J connectivity index is 0.00000274. The highest BCUT2D eigenvalue weighted by Gasteiger charge is 2.15. The molecule has 0 aliphatic carbocycles.